The molecule has 152 valence electrons. The summed E-state index contributed by atoms with van der Waals surface area (Å²) in [7, 11) is 1.96. The van der Waals surface area contributed by atoms with Crippen LogP contribution in [0.1, 0.15) is 66.0 Å². The minimum absolute atomic E-state index is 0.181. The van der Waals surface area contributed by atoms with E-state index in [9.17, 15) is 9.59 Å². The number of amides is 1. The molecular formula is C19H26N4O3S2. The van der Waals surface area contributed by atoms with Crippen LogP contribution in [-0.4, -0.2) is 39.0 Å². The maximum Gasteiger partial charge on any atom is 0.341 e. The molecule has 7 nitrogen and oxygen atoms in total. The Bertz CT molecular complexity index is 840. The Hall–Kier alpha value is -1.87. The second kappa shape index (κ2) is 9.56. The van der Waals surface area contributed by atoms with E-state index >= 15 is 0 Å². The standard InChI is InChI=1S/C19H26N4O3S2/c1-4-26-18(25)14-10-12(2)28-17(14)20-15(24)11-27-19-22-21-16(23(19)3)13-8-6-5-7-9-13/h10,13H,4-9,11H2,1-3H3,(H,20,24). The number of thiophene rings is 1. The molecule has 0 aromatic carbocycles. The number of nitrogens with zero attached hydrogens (tertiary/aromatic N) is 3. The van der Waals surface area contributed by atoms with Crippen molar-refractivity contribution in [2.24, 2.45) is 7.05 Å². The molecule has 0 aliphatic heterocycles. The Morgan fingerprint density at radius 3 is 2.79 bits per heavy atom. The number of aryl methyl sites for hydroxylation is 1. The first-order chi connectivity index (χ1) is 13.5. The first-order valence-electron chi connectivity index (χ1n) is 9.59. The Morgan fingerprint density at radius 2 is 2.07 bits per heavy atom. The molecule has 1 aliphatic rings. The van der Waals surface area contributed by atoms with E-state index in [-0.39, 0.29) is 11.7 Å². The van der Waals surface area contributed by atoms with Crippen molar-refractivity contribution in [3.63, 3.8) is 0 Å². The van der Waals surface area contributed by atoms with Crippen molar-refractivity contribution in [3.05, 3.63) is 22.3 Å². The van der Waals surface area contributed by atoms with Gasteiger partial charge in [0, 0.05) is 17.8 Å². The van der Waals surface area contributed by atoms with Crippen LogP contribution in [0.4, 0.5) is 5.00 Å². The third-order valence-corrected chi connectivity index (χ3v) is 6.76. The second-order valence-electron chi connectivity index (χ2n) is 6.89. The molecule has 2 heterocycles. The van der Waals surface area contributed by atoms with Crippen LogP contribution in [0.3, 0.4) is 0 Å². The van der Waals surface area contributed by atoms with Gasteiger partial charge in [-0.1, -0.05) is 31.0 Å². The lowest BCUT2D eigenvalue weighted by Crippen LogP contribution is -2.16. The Balaban J connectivity index is 1.59. The van der Waals surface area contributed by atoms with Crippen LogP contribution in [0, 0.1) is 6.92 Å². The number of anilines is 1. The van der Waals surface area contributed by atoms with Crippen LogP contribution in [0.5, 0.6) is 0 Å². The van der Waals surface area contributed by atoms with Crippen molar-refractivity contribution < 1.29 is 14.3 Å². The number of carbonyl (C=O) groups excluding carboxylic acids is 2. The monoisotopic (exact) mass is 422 g/mol. The molecule has 1 amide bonds. The summed E-state index contributed by atoms with van der Waals surface area (Å²) in [6.45, 7) is 3.95. The number of carbonyl (C=O) groups is 2. The van der Waals surface area contributed by atoms with Crippen molar-refractivity contribution in [2.75, 3.05) is 17.7 Å². The highest BCUT2D eigenvalue weighted by Crippen LogP contribution is 2.33. The van der Waals surface area contributed by atoms with Gasteiger partial charge in [-0.25, -0.2) is 4.79 Å². The van der Waals surface area contributed by atoms with Gasteiger partial charge in [0.05, 0.1) is 17.9 Å². The van der Waals surface area contributed by atoms with E-state index in [1.54, 1.807) is 13.0 Å². The molecule has 1 N–H and O–H groups in total. The van der Waals surface area contributed by atoms with Crippen LogP contribution in [0.2, 0.25) is 0 Å². The number of rotatable bonds is 7. The molecule has 1 aliphatic carbocycles. The number of aromatic nitrogens is 3. The highest BCUT2D eigenvalue weighted by atomic mass is 32.2. The van der Waals surface area contributed by atoms with Crippen molar-refractivity contribution >= 4 is 40.0 Å². The van der Waals surface area contributed by atoms with Crippen molar-refractivity contribution in [2.45, 2.75) is 57.0 Å². The molecular weight excluding hydrogens is 396 g/mol. The number of esters is 1. The van der Waals surface area contributed by atoms with Crippen LogP contribution < -0.4 is 5.32 Å². The molecule has 3 rings (SSSR count). The van der Waals surface area contributed by atoms with Gasteiger partial charge in [0.2, 0.25) is 5.91 Å². The van der Waals surface area contributed by atoms with Crippen LogP contribution in [0.15, 0.2) is 11.2 Å². The Labute approximate surface area is 173 Å². The fourth-order valence-corrected chi connectivity index (χ4v) is 5.06. The minimum Gasteiger partial charge on any atom is -0.462 e. The number of hydrogen-bond donors (Lipinski definition) is 1. The summed E-state index contributed by atoms with van der Waals surface area (Å²) >= 11 is 2.73. The Morgan fingerprint density at radius 1 is 1.32 bits per heavy atom. The van der Waals surface area contributed by atoms with Crippen molar-refractivity contribution in [3.8, 4) is 0 Å². The lowest BCUT2D eigenvalue weighted by Gasteiger charge is -2.20. The molecule has 0 radical (unpaired) electrons. The molecule has 0 saturated heterocycles. The van der Waals surface area contributed by atoms with Gasteiger partial charge in [0.15, 0.2) is 5.16 Å². The minimum atomic E-state index is -0.416. The number of hydrogen-bond acceptors (Lipinski definition) is 7. The molecule has 28 heavy (non-hydrogen) atoms. The van der Waals surface area contributed by atoms with Gasteiger partial charge in [-0.05, 0) is 32.8 Å². The zero-order valence-electron chi connectivity index (χ0n) is 16.5. The number of ether oxygens (including phenoxy) is 1. The summed E-state index contributed by atoms with van der Waals surface area (Å²) in [6, 6.07) is 1.74. The molecule has 1 fully saturated rings. The fraction of sp³-hybridized carbons (Fsp3) is 0.579. The summed E-state index contributed by atoms with van der Waals surface area (Å²) < 4.78 is 7.07. The van der Waals surface area contributed by atoms with Gasteiger partial charge >= 0.3 is 5.97 Å². The summed E-state index contributed by atoms with van der Waals surface area (Å²) in [5.41, 5.74) is 0.404. The maximum absolute atomic E-state index is 12.4. The summed E-state index contributed by atoms with van der Waals surface area (Å²) in [4.78, 5) is 25.4. The summed E-state index contributed by atoms with van der Waals surface area (Å²) in [6.07, 6.45) is 6.10. The first kappa shape index (κ1) is 20.9. The molecule has 0 atom stereocenters. The third-order valence-electron chi connectivity index (χ3n) is 4.77. The fourth-order valence-electron chi connectivity index (χ4n) is 3.43. The molecule has 2 aromatic rings. The number of thioether (sulfide) groups is 1. The predicted octanol–water partition coefficient (Wildman–Crippen LogP) is 4.14. The average molecular weight is 423 g/mol. The zero-order valence-corrected chi connectivity index (χ0v) is 18.1. The van der Waals surface area contributed by atoms with E-state index in [4.69, 9.17) is 4.74 Å². The lowest BCUT2D eigenvalue weighted by atomic mass is 9.89. The third kappa shape index (κ3) is 4.94. The quantitative estimate of drug-likeness (QED) is 0.533. The van der Waals surface area contributed by atoms with Crippen LogP contribution in [0.25, 0.3) is 0 Å². The molecule has 9 heteroatoms. The van der Waals surface area contributed by atoms with Gasteiger partial charge in [-0.3, -0.25) is 4.79 Å². The first-order valence-corrected chi connectivity index (χ1v) is 11.4. The average Bonchev–Trinajstić information content (AvgIpc) is 3.23. The second-order valence-corrected chi connectivity index (χ2v) is 9.09. The van der Waals surface area contributed by atoms with E-state index in [0.29, 0.717) is 23.1 Å². The van der Waals surface area contributed by atoms with E-state index in [1.165, 1.54) is 42.4 Å². The molecule has 0 spiro atoms. The molecule has 0 unspecified atom stereocenters. The van der Waals surface area contributed by atoms with Crippen LogP contribution >= 0.6 is 23.1 Å². The van der Waals surface area contributed by atoms with E-state index in [0.717, 1.165) is 28.7 Å². The van der Waals surface area contributed by atoms with Gasteiger partial charge in [0.25, 0.3) is 0 Å². The lowest BCUT2D eigenvalue weighted by molar-refractivity contribution is -0.113. The summed E-state index contributed by atoms with van der Waals surface area (Å²) in [5, 5.41) is 12.7. The normalized spacial score (nSPS) is 14.8. The molecule has 0 bridgehead atoms. The largest absolute Gasteiger partial charge is 0.462 e. The van der Waals surface area contributed by atoms with Crippen molar-refractivity contribution in [1.29, 1.82) is 0 Å². The van der Waals surface area contributed by atoms with E-state index < -0.39 is 5.97 Å². The van der Waals surface area contributed by atoms with Gasteiger partial charge in [0.1, 0.15) is 10.8 Å². The van der Waals surface area contributed by atoms with Gasteiger partial charge < -0.3 is 14.6 Å². The molecule has 2 aromatic heterocycles. The highest BCUT2D eigenvalue weighted by molar-refractivity contribution is 7.99. The van der Waals surface area contributed by atoms with E-state index in [1.807, 2.05) is 18.5 Å². The molecule has 1 saturated carbocycles. The van der Waals surface area contributed by atoms with Crippen molar-refractivity contribution in [1.82, 2.24) is 14.8 Å². The zero-order chi connectivity index (χ0) is 20.1. The topological polar surface area (TPSA) is 86.1 Å². The highest BCUT2D eigenvalue weighted by Gasteiger charge is 2.23. The smallest absolute Gasteiger partial charge is 0.341 e. The Kier molecular flexibility index (Phi) is 7.12. The maximum atomic E-state index is 12.4. The number of nitrogens with one attached hydrogen (secondary N) is 1. The predicted molar refractivity (Wildman–Crippen MR) is 111 cm³/mol. The van der Waals surface area contributed by atoms with Gasteiger partial charge in [-0.15, -0.1) is 21.5 Å². The van der Waals surface area contributed by atoms with Gasteiger partial charge in [-0.2, -0.15) is 0 Å². The SMILES string of the molecule is CCOC(=O)c1cc(C)sc1NC(=O)CSc1nnc(C2CCCCC2)n1C. The van der Waals surface area contributed by atoms with Crippen LogP contribution in [-0.2, 0) is 16.6 Å². The summed E-state index contributed by atoms with van der Waals surface area (Å²) in [5.74, 6) is 1.09. The van der Waals surface area contributed by atoms with E-state index in [2.05, 4.69) is 15.5 Å².